The van der Waals surface area contributed by atoms with Crippen molar-refractivity contribution in [3.8, 4) is 0 Å². The van der Waals surface area contributed by atoms with Gasteiger partial charge < -0.3 is 10.4 Å². The van der Waals surface area contributed by atoms with Crippen LogP contribution in [-0.4, -0.2) is 27.5 Å². The van der Waals surface area contributed by atoms with Crippen molar-refractivity contribution < 1.29 is 5.11 Å². The van der Waals surface area contributed by atoms with E-state index in [0.717, 1.165) is 5.82 Å². The first-order valence-electron chi connectivity index (χ1n) is 3.30. The number of aromatic nitrogens is 2. The Labute approximate surface area is 58.5 Å². The van der Waals surface area contributed by atoms with E-state index in [1.807, 2.05) is 6.07 Å². The molecule has 1 aromatic heterocycles. The van der Waals surface area contributed by atoms with Crippen LogP contribution in [0.2, 0.25) is 0 Å². The van der Waals surface area contributed by atoms with E-state index >= 15 is 0 Å². The van der Waals surface area contributed by atoms with E-state index in [2.05, 4.69) is 10.4 Å². The molecule has 2 N–H and O–H groups in total. The highest BCUT2D eigenvalue weighted by Gasteiger charge is 2.14. The zero-order valence-electron chi connectivity index (χ0n) is 5.49. The van der Waals surface area contributed by atoms with Gasteiger partial charge in [-0.1, -0.05) is 0 Å². The van der Waals surface area contributed by atoms with E-state index in [4.69, 9.17) is 5.11 Å². The normalized spacial score (nSPS) is 23.5. The van der Waals surface area contributed by atoms with Crippen LogP contribution in [0.1, 0.15) is 0 Å². The van der Waals surface area contributed by atoms with Gasteiger partial charge in [-0.15, -0.1) is 0 Å². The van der Waals surface area contributed by atoms with Gasteiger partial charge in [-0.2, -0.15) is 5.10 Å². The van der Waals surface area contributed by atoms with Crippen molar-refractivity contribution in [2.45, 2.75) is 12.6 Å². The number of rotatable bonds is 0. The first kappa shape index (κ1) is 5.73. The molecule has 1 aromatic rings. The van der Waals surface area contributed by atoms with E-state index in [0.29, 0.717) is 13.1 Å². The van der Waals surface area contributed by atoms with Crippen LogP contribution in [0.3, 0.4) is 0 Å². The second-order valence-corrected chi connectivity index (χ2v) is 2.43. The molecule has 0 aliphatic carbocycles. The fraction of sp³-hybridized carbons (Fsp3) is 0.500. The van der Waals surface area contributed by atoms with Crippen molar-refractivity contribution in [1.82, 2.24) is 9.78 Å². The first-order valence-corrected chi connectivity index (χ1v) is 3.30. The van der Waals surface area contributed by atoms with Crippen molar-refractivity contribution in [3.63, 3.8) is 0 Å². The van der Waals surface area contributed by atoms with Crippen LogP contribution in [0.15, 0.2) is 12.3 Å². The molecule has 2 heterocycles. The molecule has 0 spiro atoms. The van der Waals surface area contributed by atoms with Crippen LogP contribution < -0.4 is 5.32 Å². The number of aliphatic hydroxyl groups excluding tert-OH is 1. The summed E-state index contributed by atoms with van der Waals surface area (Å²) in [5.74, 6) is 0.991. The highest BCUT2D eigenvalue weighted by molar-refractivity contribution is 5.35. The average molecular weight is 139 g/mol. The maximum Gasteiger partial charge on any atom is 0.124 e. The summed E-state index contributed by atoms with van der Waals surface area (Å²) in [6, 6.07) is 1.89. The maximum atomic E-state index is 9.15. The van der Waals surface area contributed by atoms with Crippen molar-refractivity contribution in [3.05, 3.63) is 12.3 Å². The van der Waals surface area contributed by atoms with Crippen LogP contribution in [0.25, 0.3) is 0 Å². The number of hydrogen-bond acceptors (Lipinski definition) is 3. The van der Waals surface area contributed by atoms with E-state index in [1.54, 1.807) is 10.9 Å². The SMILES string of the molecule is O[C@@H]1CNc2ccnn2C1. The molecule has 0 radical (unpaired) electrons. The minimum atomic E-state index is -0.299. The fourth-order valence-electron chi connectivity index (χ4n) is 1.11. The molecule has 1 atom stereocenters. The molecule has 0 aromatic carbocycles. The van der Waals surface area contributed by atoms with E-state index in [9.17, 15) is 0 Å². The molecule has 4 heteroatoms. The Morgan fingerprint density at radius 3 is 3.60 bits per heavy atom. The third kappa shape index (κ3) is 0.769. The van der Waals surface area contributed by atoms with Crippen LogP contribution in [0, 0.1) is 0 Å². The number of nitrogens with one attached hydrogen (secondary N) is 1. The van der Waals surface area contributed by atoms with Crippen molar-refractivity contribution in [1.29, 1.82) is 0 Å². The molecule has 2 rings (SSSR count). The number of β-amino-alcohol motifs (C(OH)–C–C–N with tert-alkyl or cyclic N) is 1. The summed E-state index contributed by atoms with van der Waals surface area (Å²) in [6.45, 7) is 1.24. The number of anilines is 1. The Bertz CT molecular complexity index is 233. The number of nitrogens with zero attached hydrogens (tertiary/aromatic N) is 2. The Hall–Kier alpha value is -1.03. The number of hydrogen-bond donors (Lipinski definition) is 2. The molecule has 0 bridgehead atoms. The number of fused-ring (bicyclic) bond motifs is 1. The second kappa shape index (κ2) is 1.98. The molecule has 54 valence electrons. The van der Waals surface area contributed by atoms with Crippen LogP contribution in [0.5, 0.6) is 0 Å². The summed E-state index contributed by atoms with van der Waals surface area (Å²) >= 11 is 0. The Morgan fingerprint density at radius 2 is 2.70 bits per heavy atom. The summed E-state index contributed by atoms with van der Waals surface area (Å²) in [5, 5.41) is 16.2. The lowest BCUT2D eigenvalue weighted by Gasteiger charge is -2.20. The molecule has 0 saturated carbocycles. The number of aliphatic hydroxyl groups is 1. The van der Waals surface area contributed by atoms with Crippen molar-refractivity contribution in [2.75, 3.05) is 11.9 Å². The van der Waals surface area contributed by atoms with Gasteiger partial charge in [0.05, 0.1) is 18.8 Å². The predicted molar refractivity (Wildman–Crippen MR) is 36.7 cm³/mol. The maximum absolute atomic E-state index is 9.15. The van der Waals surface area contributed by atoms with Gasteiger partial charge in [0.25, 0.3) is 0 Å². The highest BCUT2D eigenvalue weighted by atomic mass is 16.3. The zero-order chi connectivity index (χ0) is 6.97. The molecular weight excluding hydrogens is 130 g/mol. The zero-order valence-corrected chi connectivity index (χ0v) is 5.49. The largest absolute Gasteiger partial charge is 0.389 e. The third-order valence-corrected chi connectivity index (χ3v) is 1.62. The molecule has 0 fully saturated rings. The molecular formula is C6H9N3O. The molecule has 10 heavy (non-hydrogen) atoms. The molecule has 1 aliphatic rings. The second-order valence-electron chi connectivity index (χ2n) is 2.43. The smallest absolute Gasteiger partial charge is 0.124 e. The minimum Gasteiger partial charge on any atom is -0.389 e. The first-order chi connectivity index (χ1) is 4.86. The molecule has 0 saturated heterocycles. The van der Waals surface area contributed by atoms with Gasteiger partial charge >= 0.3 is 0 Å². The average Bonchev–Trinajstić information content (AvgIpc) is 2.33. The summed E-state index contributed by atoms with van der Waals surface area (Å²) in [6.07, 6.45) is 1.42. The van der Waals surface area contributed by atoms with Crippen LogP contribution in [-0.2, 0) is 6.54 Å². The summed E-state index contributed by atoms with van der Waals surface area (Å²) in [7, 11) is 0. The lowest BCUT2D eigenvalue weighted by Crippen LogP contribution is -2.31. The van der Waals surface area contributed by atoms with Gasteiger partial charge in [0.15, 0.2) is 0 Å². The molecule has 1 aliphatic heterocycles. The fourth-order valence-corrected chi connectivity index (χ4v) is 1.11. The van der Waals surface area contributed by atoms with Gasteiger partial charge in [0, 0.05) is 12.6 Å². The predicted octanol–water partition coefficient (Wildman–Crippen LogP) is -0.331. The molecule has 4 nitrogen and oxygen atoms in total. The summed E-state index contributed by atoms with van der Waals surface area (Å²) < 4.78 is 1.76. The summed E-state index contributed by atoms with van der Waals surface area (Å²) in [4.78, 5) is 0. The van der Waals surface area contributed by atoms with Gasteiger partial charge in [-0.3, -0.25) is 0 Å². The Kier molecular flexibility index (Phi) is 1.14. The van der Waals surface area contributed by atoms with E-state index in [1.165, 1.54) is 0 Å². The lowest BCUT2D eigenvalue weighted by molar-refractivity contribution is 0.155. The standard InChI is InChI=1S/C6H9N3O/c10-5-3-7-6-1-2-8-9(6)4-5/h1-2,5,7,10H,3-4H2/t5-/m1/s1. The van der Waals surface area contributed by atoms with E-state index < -0.39 is 0 Å². The van der Waals surface area contributed by atoms with Crippen LogP contribution >= 0.6 is 0 Å². The molecule has 0 amide bonds. The Balaban J connectivity index is 2.30. The Morgan fingerprint density at radius 1 is 1.80 bits per heavy atom. The van der Waals surface area contributed by atoms with Crippen molar-refractivity contribution >= 4 is 5.82 Å². The van der Waals surface area contributed by atoms with Gasteiger partial charge in [-0.05, 0) is 0 Å². The van der Waals surface area contributed by atoms with Crippen LogP contribution in [0.4, 0.5) is 5.82 Å². The van der Waals surface area contributed by atoms with Crippen molar-refractivity contribution in [2.24, 2.45) is 0 Å². The van der Waals surface area contributed by atoms with Gasteiger partial charge in [0.2, 0.25) is 0 Å². The third-order valence-electron chi connectivity index (χ3n) is 1.62. The highest BCUT2D eigenvalue weighted by Crippen LogP contribution is 2.11. The molecule has 0 unspecified atom stereocenters. The topological polar surface area (TPSA) is 50.1 Å². The van der Waals surface area contributed by atoms with Gasteiger partial charge in [-0.25, -0.2) is 4.68 Å². The lowest BCUT2D eigenvalue weighted by atomic mass is 10.3. The summed E-state index contributed by atoms with van der Waals surface area (Å²) in [5.41, 5.74) is 0. The van der Waals surface area contributed by atoms with E-state index in [-0.39, 0.29) is 6.10 Å². The monoisotopic (exact) mass is 139 g/mol. The quantitative estimate of drug-likeness (QED) is 0.517. The minimum absolute atomic E-state index is 0.299. The van der Waals surface area contributed by atoms with Gasteiger partial charge in [0.1, 0.15) is 5.82 Å².